The number of piperidine rings is 2. The summed E-state index contributed by atoms with van der Waals surface area (Å²) in [4.78, 5) is 42.9. The minimum Gasteiger partial charge on any atom is -0.484 e. The van der Waals surface area contributed by atoms with Crippen molar-refractivity contribution in [2.75, 3.05) is 39.4 Å². The molecule has 3 aliphatic heterocycles. The van der Waals surface area contributed by atoms with Crippen LogP contribution >= 0.6 is 0 Å². The second-order valence-corrected chi connectivity index (χ2v) is 12.3. The van der Waals surface area contributed by atoms with Crippen molar-refractivity contribution < 1.29 is 33.0 Å². The molecule has 2 amide bonds. The molecule has 4 heterocycles. The van der Waals surface area contributed by atoms with Gasteiger partial charge in [-0.25, -0.2) is 0 Å². The lowest BCUT2D eigenvalue weighted by Crippen LogP contribution is -2.38. The number of fused-ring (bicyclic) bond motifs is 2. The molecule has 0 atom stereocenters. The van der Waals surface area contributed by atoms with Crippen LogP contribution in [0.25, 0.3) is 22.1 Å². The zero-order valence-corrected chi connectivity index (χ0v) is 26.4. The Morgan fingerprint density at radius 3 is 1.87 bits per heavy atom. The molecule has 9 heteroatoms. The summed E-state index contributed by atoms with van der Waals surface area (Å²) in [6, 6.07) is 18.0. The van der Waals surface area contributed by atoms with Crippen molar-refractivity contribution in [3.63, 3.8) is 0 Å². The van der Waals surface area contributed by atoms with Crippen molar-refractivity contribution in [2.45, 2.75) is 44.9 Å². The second kappa shape index (κ2) is 13.7. The fourth-order valence-electron chi connectivity index (χ4n) is 6.49. The number of ether oxygens (including phenoxy) is 3. The van der Waals surface area contributed by atoms with Crippen molar-refractivity contribution >= 4 is 28.6 Å². The van der Waals surface area contributed by atoms with Gasteiger partial charge in [-0.2, -0.15) is 0 Å². The van der Waals surface area contributed by atoms with Crippen molar-refractivity contribution in [1.29, 1.82) is 0 Å². The van der Waals surface area contributed by atoms with E-state index in [1.54, 1.807) is 30.5 Å². The van der Waals surface area contributed by atoms with Crippen molar-refractivity contribution in [1.82, 2.24) is 9.80 Å². The number of likely N-dealkylation sites (tertiary alicyclic amines) is 2. The molecule has 3 aromatic carbocycles. The van der Waals surface area contributed by atoms with E-state index in [0.717, 1.165) is 81.2 Å². The first-order chi connectivity index (χ1) is 23.0. The zero-order chi connectivity index (χ0) is 32.2. The third kappa shape index (κ3) is 6.75. The predicted molar refractivity (Wildman–Crippen MR) is 177 cm³/mol. The minimum atomic E-state index is -0.281. The Morgan fingerprint density at radius 1 is 0.702 bits per heavy atom. The van der Waals surface area contributed by atoms with Crippen LogP contribution in [0.3, 0.4) is 0 Å². The molecule has 0 aliphatic carbocycles. The smallest absolute Gasteiger partial charge is 0.260 e. The Bertz CT molecular complexity index is 1790. The van der Waals surface area contributed by atoms with Crippen LogP contribution in [0.15, 0.2) is 77.4 Å². The number of nitrogens with zero attached hydrogens (tertiary/aromatic N) is 2. The molecule has 47 heavy (non-hydrogen) atoms. The van der Waals surface area contributed by atoms with E-state index in [4.69, 9.17) is 18.6 Å². The van der Waals surface area contributed by atoms with E-state index in [1.165, 1.54) is 0 Å². The quantitative estimate of drug-likeness (QED) is 0.192. The Hall–Kier alpha value is -5.05. The standard InChI is InChI=1S/C38H38N2O7/c41-34(39-17-3-1-4-18-39)24-45-29-13-9-26(10-14-29)36-31-22-28-8-7-21-44-32(28)23-33(31)47-38(36)37(43)27-11-15-30(16-12-27)46-25-35(42)40-19-5-2-6-20-40/h7,9-16,21-23H,1-6,8,17-20,24-25H2. The van der Waals surface area contributed by atoms with Gasteiger partial charge in [0.1, 0.15) is 22.8 Å². The lowest BCUT2D eigenvalue weighted by atomic mass is 9.96. The van der Waals surface area contributed by atoms with Gasteiger partial charge in [0.2, 0.25) is 5.78 Å². The Labute approximate surface area is 273 Å². The number of carbonyl (C=O) groups excluding carboxylic acids is 3. The molecule has 0 bridgehead atoms. The van der Waals surface area contributed by atoms with Gasteiger partial charge in [0.05, 0.1) is 6.26 Å². The van der Waals surface area contributed by atoms with Crippen LogP contribution in [0.5, 0.6) is 17.2 Å². The number of rotatable bonds is 9. The maximum atomic E-state index is 14.0. The number of carbonyl (C=O) groups is 3. The molecule has 242 valence electrons. The predicted octanol–water partition coefficient (Wildman–Crippen LogP) is 6.56. The SMILES string of the molecule is O=C(c1ccc(OCC(=O)N2CCCCC2)cc1)c1oc2cc3c(cc2c1-c1ccc(OCC(=O)N2CCCCC2)cc1)CC=CO3. The van der Waals surface area contributed by atoms with Crippen LogP contribution in [0, 0.1) is 0 Å². The van der Waals surface area contributed by atoms with Gasteiger partial charge in [-0.05, 0) is 105 Å². The summed E-state index contributed by atoms with van der Waals surface area (Å²) in [6.07, 6.45) is 10.7. The van der Waals surface area contributed by atoms with Gasteiger partial charge in [0, 0.05) is 48.8 Å². The highest BCUT2D eigenvalue weighted by molar-refractivity contribution is 6.16. The average molecular weight is 635 g/mol. The summed E-state index contributed by atoms with van der Waals surface area (Å²) >= 11 is 0. The number of ketones is 1. The van der Waals surface area contributed by atoms with Crippen LogP contribution in [0.1, 0.15) is 60.2 Å². The molecule has 2 fully saturated rings. The van der Waals surface area contributed by atoms with Crippen LogP contribution in [0.4, 0.5) is 0 Å². The monoisotopic (exact) mass is 634 g/mol. The topological polar surface area (TPSA) is 98.5 Å². The molecule has 1 aromatic heterocycles. The van der Waals surface area contributed by atoms with Crippen LogP contribution in [-0.2, 0) is 16.0 Å². The van der Waals surface area contributed by atoms with E-state index >= 15 is 0 Å². The highest BCUT2D eigenvalue weighted by Gasteiger charge is 2.26. The van der Waals surface area contributed by atoms with E-state index in [9.17, 15) is 14.4 Å². The van der Waals surface area contributed by atoms with Gasteiger partial charge in [-0.15, -0.1) is 0 Å². The summed E-state index contributed by atoms with van der Waals surface area (Å²) in [6.45, 7) is 3.07. The maximum absolute atomic E-state index is 14.0. The van der Waals surface area contributed by atoms with Gasteiger partial charge in [0.15, 0.2) is 19.0 Å². The molecule has 0 spiro atoms. The van der Waals surface area contributed by atoms with E-state index in [1.807, 2.05) is 52.3 Å². The largest absolute Gasteiger partial charge is 0.484 e. The fraction of sp³-hybridized carbons (Fsp3) is 0.342. The third-order valence-electron chi connectivity index (χ3n) is 9.11. The lowest BCUT2D eigenvalue weighted by Gasteiger charge is -2.26. The van der Waals surface area contributed by atoms with Crippen molar-refractivity contribution in [3.8, 4) is 28.4 Å². The van der Waals surface area contributed by atoms with Gasteiger partial charge in [-0.3, -0.25) is 14.4 Å². The number of allylic oxidation sites excluding steroid dienone is 1. The highest BCUT2D eigenvalue weighted by Crippen LogP contribution is 2.40. The molecular formula is C38H38N2O7. The van der Waals surface area contributed by atoms with Crippen molar-refractivity contribution in [3.05, 3.63) is 89.9 Å². The van der Waals surface area contributed by atoms with Gasteiger partial charge < -0.3 is 28.4 Å². The van der Waals surface area contributed by atoms with E-state index in [-0.39, 0.29) is 36.6 Å². The van der Waals surface area contributed by atoms with E-state index in [0.29, 0.717) is 40.4 Å². The first-order valence-corrected chi connectivity index (χ1v) is 16.5. The third-order valence-corrected chi connectivity index (χ3v) is 9.11. The van der Waals surface area contributed by atoms with E-state index < -0.39 is 0 Å². The summed E-state index contributed by atoms with van der Waals surface area (Å²) in [5, 5.41) is 0.802. The molecule has 9 nitrogen and oxygen atoms in total. The molecule has 0 unspecified atom stereocenters. The fourth-order valence-corrected chi connectivity index (χ4v) is 6.49. The highest BCUT2D eigenvalue weighted by atomic mass is 16.5. The molecule has 0 radical (unpaired) electrons. The summed E-state index contributed by atoms with van der Waals surface area (Å²) in [7, 11) is 0. The Morgan fingerprint density at radius 2 is 1.28 bits per heavy atom. The number of hydrogen-bond acceptors (Lipinski definition) is 7. The summed E-state index contributed by atoms with van der Waals surface area (Å²) < 4.78 is 23.6. The van der Waals surface area contributed by atoms with E-state index in [2.05, 4.69) is 0 Å². The van der Waals surface area contributed by atoms with Gasteiger partial charge >= 0.3 is 0 Å². The summed E-state index contributed by atoms with van der Waals surface area (Å²) in [5.74, 6) is 1.68. The molecular weight excluding hydrogens is 596 g/mol. The normalized spacial score (nSPS) is 16.0. The molecule has 0 N–H and O–H groups in total. The molecule has 4 aromatic rings. The van der Waals surface area contributed by atoms with Gasteiger partial charge in [-0.1, -0.05) is 12.1 Å². The van der Waals surface area contributed by atoms with Crippen LogP contribution in [-0.4, -0.2) is 66.8 Å². The zero-order valence-electron chi connectivity index (χ0n) is 26.4. The minimum absolute atomic E-state index is 0.00597. The number of amides is 2. The first kappa shape index (κ1) is 30.6. The summed E-state index contributed by atoms with van der Waals surface area (Å²) in [5.41, 5.74) is 3.42. The number of hydrogen-bond donors (Lipinski definition) is 0. The van der Waals surface area contributed by atoms with Crippen LogP contribution in [0.2, 0.25) is 0 Å². The number of benzene rings is 3. The van der Waals surface area contributed by atoms with Gasteiger partial charge in [0.25, 0.3) is 11.8 Å². The Balaban J connectivity index is 1.12. The second-order valence-electron chi connectivity index (χ2n) is 12.3. The van der Waals surface area contributed by atoms with Crippen LogP contribution < -0.4 is 14.2 Å². The average Bonchev–Trinajstić information content (AvgIpc) is 3.50. The van der Waals surface area contributed by atoms with Crippen molar-refractivity contribution in [2.24, 2.45) is 0 Å². The molecule has 2 saturated heterocycles. The first-order valence-electron chi connectivity index (χ1n) is 16.5. The molecule has 0 saturated carbocycles. The Kier molecular flexibility index (Phi) is 8.95. The number of furan rings is 1. The molecule has 7 rings (SSSR count). The molecule has 3 aliphatic rings. The lowest BCUT2D eigenvalue weighted by molar-refractivity contribution is -0.135. The maximum Gasteiger partial charge on any atom is 0.260 e.